The second-order valence-corrected chi connectivity index (χ2v) is 6.29. The Hall–Kier alpha value is -0.850. The predicted octanol–water partition coefficient (Wildman–Crippen LogP) is 2.01. The molecular formula is C18H32Cl2N4O. The molecule has 0 unspecified atom stereocenters. The van der Waals surface area contributed by atoms with Crippen LogP contribution in [0.2, 0.25) is 0 Å². The van der Waals surface area contributed by atoms with Crippen LogP contribution in [-0.2, 0) is 6.54 Å². The maximum absolute atomic E-state index is 12.2. The van der Waals surface area contributed by atoms with E-state index in [1.165, 1.54) is 5.56 Å². The van der Waals surface area contributed by atoms with E-state index < -0.39 is 0 Å². The monoisotopic (exact) mass is 390 g/mol. The van der Waals surface area contributed by atoms with Gasteiger partial charge in [0.2, 0.25) is 0 Å². The van der Waals surface area contributed by atoms with Crippen molar-refractivity contribution in [1.82, 2.24) is 20.4 Å². The van der Waals surface area contributed by atoms with Gasteiger partial charge in [-0.25, -0.2) is 0 Å². The summed E-state index contributed by atoms with van der Waals surface area (Å²) in [5.41, 5.74) is 1.97. The van der Waals surface area contributed by atoms with Crippen molar-refractivity contribution >= 4 is 30.7 Å². The number of nitrogens with one attached hydrogen (secondary N) is 2. The molecular weight excluding hydrogens is 359 g/mol. The van der Waals surface area contributed by atoms with Gasteiger partial charge in [0, 0.05) is 51.4 Å². The Balaban J connectivity index is 0.00000288. The van der Waals surface area contributed by atoms with Gasteiger partial charge in [-0.15, -0.1) is 24.8 Å². The molecule has 7 heteroatoms. The number of carbonyl (C=O) groups excluding carboxylic acids is 1. The van der Waals surface area contributed by atoms with Gasteiger partial charge in [-0.2, -0.15) is 0 Å². The number of nitrogens with zero attached hydrogens (tertiary/aromatic N) is 2. The van der Waals surface area contributed by atoms with Gasteiger partial charge in [0.15, 0.2) is 0 Å². The maximum Gasteiger partial charge on any atom is 0.251 e. The topological polar surface area (TPSA) is 47.6 Å². The fraction of sp³-hybridized carbons (Fsp3) is 0.611. The van der Waals surface area contributed by atoms with Crippen LogP contribution in [0.1, 0.15) is 29.3 Å². The number of carbonyl (C=O) groups is 1. The summed E-state index contributed by atoms with van der Waals surface area (Å²) in [5, 5.41) is 6.26. The lowest BCUT2D eigenvalue weighted by atomic mass is 10.1. The van der Waals surface area contributed by atoms with E-state index in [1.54, 1.807) is 0 Å². The molecule has 144 valence electrons. The molecule has 0 radical (unpaired) electrons. The summed E-state index contributed by atoms with van der Waals surface area (Å²) >= 11 is 0. The molecule has 2 N–H and O–H groups in total. The highest BCUT2D eigenvalue weighted by Crippen LogP contribution is 2.10. The van der Waals surface area contributed by atoms with E-state index >= 15 is 0 Å². The smallest absolute Gasteiger partial charge is 0.251 e. The van der Waals surface area contributed by atoms with Gasteiger partial charge in [-0.1, -0.05) is 19.1 Å². The summed E-state index contributed by atoms with van der Waals surface area (Å²) in [5.74, 6) is 0.0172. The molecule has 1 aliphatic rings. The van der Waals surface area contributed by atoms with Crippen molar-refractivity contribution in [2.75, 3.05) is 52.9 Å². The van der Waals surface area contributed by atoms with Crippen LogP contribution in [0, 0.1) is 0 Å². The van der Waals surface area contributed by atoms with E-state index in [0.29, 0.717) is 6.54 Å². The summed E-state index contributed by atoms with van der Waals surface area (Å²) in [4.78, 5) is 17.0. The first-order chi connectivity index (χ1) is 11.2. The van der Waals surface area contributed by atoms with Gasteiger partial charge in [0.25, 0.3) is 5.91 Å². The van der Waals surface area contributed by atoms with Crippen LogP contribution < -0.4 is 10.6 Å². The molecule has 1 fully saturated rings. The number of rotatable bonds is 8. The van der Waals surface area contributed by atoms with Crippen LogP contribution in [0.4, 0.5) is 0 Å². The summed E-state index contributed by atoms with van der Waals surface area (Å²) in [7, 11) is 2.16. The molecule has 0 aliphatic carbocycles. The number of likely N-dealkylation sites (N-methyl/N-ethyl adjacent to an activating group) is 1. The largest absolute Gasteiger partial charge is 0.351 e. The zero-order valence-electron chi connectivity index (χ0n) is 15.3. The minimum absolute atomic E-state index is 0. The van der Waals surface area contributed by atoms with Crippen LogP contribution >= 0.6 is 24.8 Å². The Kier molecular flexibility index (Phi) is 12.9. The number of hydrogen-bond donors (Lipinski definition) is 2. The lowest BCUT2D eigenvalue weighted by molar-refractivity contribution is 0.0953. The molecule has 0 atom stereocenters. The Morgan fingerprint density at radius 3 is 2.48 bits per heavy atom. The molecule has 1 heterocycles. The summed E-state index contributed by atoms with van der Waals surface area (Å²) in [6.45, 7) is 9.96. The van der Waals surface area contributed by atoms with Gasteiger partial charge in [0.05, 0.1) is 0 Å². The zero-order valence-corrected chi connectivity index (χ0v) is 16.9. The lowest BCUT2D eigenvalue weighted by Crippen LogP contribution is -2.43. The summed E-state index contributed by atoms with van der Waals surface area (Å²) in [6, 6.07) is 8.00. The molecule has 1 aromatic carbocycles. The number of hydrogen-bond acceptors (Lipinski definition) is 4. The highest BCUT2D eigenvalue weighted by molar-refractivity contribution is 5.94. The Bertz CT molecular complexity index is 494. The Morgan fingerprint density at radius 2 is 1.80 bits per heavy atom. The Labute approximate surface area is 164 Å². The standard InChI is InChI=1S/C18H30N4O.2ClH/c1-3-7-19-8-9-20-18(23)17-6-4-5-16(14-17)15-22-12-10-21(2)11-13-22;;/h4-6,14,19H,3,7-13,15H2,1-2H3,(H,20,23);2*1H. The number of amides is 1. The van der Waals surface area contributed by atoms with Gasteiger partial charge in [-0.05, 0) is 37.7 Å². The summed E-state index contributed by atoms with van der Waals surface area (Å²) < 4.78 is 0. The Morgan fingerprint density at radius 1 is 1.08 bits per heavy atom. The molecule has 0 saturated carbocycles. The fourth-order valence-corrected chi connectivity index (χ4v) is 2.74. The SMILES string of the molecule is CCCNCCNC(=O)c1cccc(CN2CCN(C)CC2)c1.Cl.Cl. The number of benzene rings is 1. The van der Waals surface area contributed by atoms with E-state index in [1.807, 2.05) is 18.2 Å². The quantitative estimate of drug-likeness (QED) is 0.666. The first-order valence-corrected chi connectivity index (χ1v) is 8.68. The molecule has 1 aromatic rings. The van der Waals surface area contributed by atoms with Crippen molar-refractivity contribution in [2.45, 2.75) is 19.9 Å². The van der Waals surface area contributed by atoms with Crippen molar-refractivity contribution < 1.29 is 4.79 Å². The molecule has 0 bridgehead atoms. The molecule has 2 rings (SSSR count). The third-order valence-electron chi connectivity index (χ3n) is 4.21. The predicted molar refractivity (Wildman–Crippen MR) is 109 cm³/mol. The van der Waals surface area contributed by atoms with Crippen LogP contribution in [0.25, 0.3) is 0 Å². The first-order valence-electron chi connectivity index (χ1n) is 8.68. The van der Waals surface area contributed by atoms with Crippen molar-refractivity contribution in [2.24, 2.45) is 0 Å². The van der Waals surface area contributed by atoms with Crippen LogP contribution in [0.5, 0.6) is 0 Å². The normalized spacial score (nSPS) is 15.1. The minimum atomic E-state index is 0. The molecule has 1 aliphatic heterocycles. The highest BCUT2D eigenvalue weighted by atomic mass is 35.5. The third kappa shape index (κ3) is 8.88. The third-order valence-corrected chi connectivity index (χ3v) is 4.21. The second-order valence-electron chi connectivity index (χ2n) is 6.29. The second kappa shape index (κ2) is 13.4. The van der Waals surface area contributed by atoms with Crippen molar-refractivity contribution in [3.8, 4) is 0 Å². The van der Waals surface area contributed by atoms with Gasteiger partial charge < -0.3 is 15.5 Å². The number of piperazine rings is 1. The van der Waals surface area contributed by atoms with Crippen LogP contribution in [0.3, 0.4) is 0 Å². The van der Waals surface area contributed by atoms with Gasteiger partial charge in [-0.3, -0.25) is 9.69 Å². The van der Waals surface area contributed by atoms with Gasteiger partial charge in [0.1, 0.15) is 0 Å². The fourth-order valence-electron chi connectivity index (χ4n) is 2.74. The molecule has 1 amide bonds. The van der Waals surface area contributed by atoms with Crippen molar-refractivity contribution in [3.63, 3.8) is 0 Å². The van der Waals surface area contributed by atoms with Crippen LogP contribution in [-0.4, -0.2) is 68.6 Å². The van der Waals surface area contributed by atoms with Gasteiger partial charge >= 0.3 is 0 Å². The average molecular weight is 391 g/mol. The molecule has 0 spiro atoms. The average Bonchev–Trinajstić information content (AvgIpc) is 2.57. The van der Waals surface area contributed by atoms with Crippen molar-refractivity contribution in [3.05, 3.63) is 35.4 Å². The zero-order chi connectivity index (χ0) is 16.5. The lowest BCUT2D eigenvalue weighted by Gasteiger charge is -2.32. The minimum Gasteiger partial charge on any atom is -0.351 e. The molecule has 25 heavy (non-hydrogen) atoms. The van der Waals surface area contributed by atoms with E-state index in [4.69, 9.17) is 0 Å². The van der Waals surface area contributed by atoms with E-state index in [9.17, 15) is 4.79 Å². The first kappa shape index (κ1) is 24.1. The summed E-state index contributed by atoms with van der Waals surface area (Å²) in [6.07, 6.45) is 1.11. The molecule has 0 aromatic heterocycles. The van der Waals surface area contributed by atoms with E-state index in [2.05, 4.69) is 40.5 Å². The molecule has 5 nitrogen and oxygen atoms in total. The van der Waals surface area contributed by atoms with E-state index in [-0.39, 0.29) is 30.7 Å². The number of halogens is 2. The van der Waals surface area contributed by atoms with E-state index in [0.717, 1.165) is 57.8 Å². The molecule has 1 saturated heterocycles. The maximum atomic E-state index is 12.2. The highest BCUT2D eigenvalue weighted by Gasteiger charge is 2.14. The van der Waals surface area contributed by atoms with Crippen molar-refractivity contribution in [1.29, 1.82) is 0 Å². The van der Waals surface area contributed by atoms with Crippen LogP contribution in [0.15, 0.2) is 24.3 Å².